The van der Waals surface area contributed by atoms with Gasteiger partial charge in [0, 0.05) is 0 Å². The van der Waals surface area contributed by atoms with Crippen LogP contribution in [-0.4, -0.2) is 11.1 Å². The number of amidine groups is 1. The standard InChI is InChI=1S/C19H16FN3OS/c1-12(14-5-9-16(20)10-6-14)22-18-23-17(24)19(2,25-18)15-7-3-13(11-21)4-8-15/h3-10,12H,1-2H3,(H,22,23,24). The number of hydrogen-bond acceptors (Lipinski definition) is 4. The number of carbonyl (C=O) groups excluding carboxylic acids is 1. The van der Waals surface area contributed by atoms with Crippen LogP contribution in [0.1, 0.15) is 36.6 Å². The third kappa shape index (κ3) is 3.42. The van der Waals surface area contributed by atoms with Gasteiger partial charge in [0.05, 0.1) is 17.7 Å². The number of hydrogen-bond donors (Lipinski definition) is 1. The summed E-state index contributed by atoms with van der Waals surface area (Å²) in [6.45, 7) is 3.75. The van der Waals surface area contributed by atoms with Gasteiger partial charge in [-0.2, -0.15) is 10.3 Å². The number of aliphatic imine (C=N–C) groups is 1. The second-order valence-electron chi connectivity index (χ2n) is 5.96. The van der Waals surface area contributed by atoms with E-state index in [-0.39, 0.29) is 17.8 Å². The molecule has 0 aromatic heterocycles. The Kier molecular flexibility index (Phi) is 4.60. The predicted octanol–water partition coefficient (Wildman–Crippen LogP) is 3.89. The minimum absolute atomic E-state index is 0.108. The van der Waals surface area contributed by atoms with Gasteiger partial charge in [-0.1, -0.05) is 36.0 Å². The summed E-state index contributed by atoms with van der Waals surface area (Å²) in [5.74, 6) is -0.525. The molecule has 0 spiro atoms. The number of thioether (sulfide) groups is 1. The lowest BCUT2D eigenvalue weighted by molar-refractivity contribution is -0.119. The van der Waals surface area contributed by atoms with Gasteiger partial charge in [-0.15, -0.1) is 0 Å². The first-order valence-corrected chi connectivity index (χ1v) is 8.59. The molecule has 4 nitrogen and oxygen atoms in total. The number of nitrogens with one attached hydrogen (secondary N) is 1. The van der Waals surface area contributed by atoms with Crippen LogP contribution in [0.4, 0.5) is 4.39 Å². The zero-order chi connectivity index (χ0) is 18.0. The van der Waals surface area contributed by atoms with E-state index in [4.69, 9.17) is 5.26 Å². The van der Waals surface area contributed by atoms with Gasteiger partial charge in [0.1, 0.15) is 10.6 Å². The number of benzene rings is 2. The highest BCUT2D eigenvalue weighted by Gasteiger charge is 2.43. The Hall–Kier alpha value is -2.65. The summed E-state index contributed by atoms with van der Waals surface area (Å²) in [7, 11) is 0. The fraction of sp³-hybridized carbons (Fsp3) is 0.211. The Morgan fingerprint density at radius 2 is 1.84 bits per heavy atom. The number of nitriles is 1. The molecule has 0 bridgehead atoms. The third-order valence-corrected chi connectivity index (χ3v) is 5.41. The number of carbonyl (C=O) groups is 1. The number of nitrogens with zero attached hydrogens (tertiary/aromatic N) is 2. The monoisotopic (exact) mass is 353 g/mol. The first kappa shape index (κ1) is 17.2. The fourth-order valence-corrected chi connectivity index (χ4v) is 3.72. The Bertz CT molecular complexity index is 871. The lowest BCUT2D eigenvalue weighted by atomic mass is 9.98. The van der Waals surface area contributed by atoms with Crippen molar-refractivity contribution in [3.8, 4) is 6.07 Å². The molecule has 0 aliphatic carbocycles. The zero-order valence-corrected chi connectivity index (χ0v) is 14.6. The van der Waals surface area contributed by atoms with Gasteiger partial charge >= 0.3 is 0 Å². The van der Waals surface area contributed by atoms with Crippen molar-refractivity contribution < 1.29 is 9.18 Å². The molecule has 6 heteroatoms. The third-order valence-electron chi connectivity index (χ3n) is 4.19. The molecule has 1 heterocycles. The molecule has 0 fully saturated rings. The van der Waals surface area contributed by atoms with Crippen molar-refractivity contribution in [2.45, 2.75) is 24.6 Å². The summed E-state index contributed by atoms with van der Waals surface area (Å²) < 4.78 is 12.2. The summed E-state index contributed by atoms with van der Waals surface area (Å²) in [6, 6.07) is 15.1. The maximum absolute atomic E-state index is 13.0. The van der Waals surface area contributed by atoms with Crippen LogP contribution in [0.5, 0.6) is 0 Å². The number of halogens is 1. The summed E-state index contributed by atoms with van der Waals surface area (Å²) >= 11 is 1.35. The second-order valence-corrected chi connectivity index (χ2v) is 7.37. The van der Waals surface area contributed by atoms with Crippen molar-refractivity contribution in [1.29, 1.82) is 5.26 Å². The van der Waals surface area contributed by atoms with Gasteiger partial charge in [0.2, 0.25) is 0 Å². The SMILES string of the molecule is CC(NC1=NC(=O)C(C)(c2ccc(C#N)cc2)S1)c1ccc(F)cc1. The van der Waals surface area contributed by atoms with Crippen LogP contribution in [0, 0.1) is 17.1 Å². The molecule has 1 aliphatic rings. The lowest BCUT2D eigenvalue weighted by Gasteiger charge is -2.21. The van der Waals surface area contributed by atoms with E-state index in [0.717, 1.165) is 11.1 Å². The number of rotatable bonds is 3. The minimum atomic E-state index is -0.821. The van der Waals surface area contributed by atoms with E-state index in [1.165, 1.54) is 23.9 Å². The molecule has 3 rings (SSSR count). The van der Waals surface area contributed by atoms with Crippen LogP contribution in [0.15, 0.2) is 53.5 Å². The molecule has 25 heavy (non-hydrogen) atoms. The molecule has 0 saturated heterocycles. The van der Waals surface area contributed by atoms with Gasteiger partial charge in [-0.05, 0) is 49.2 Å². The van der Waals surface area contributed by atoms with Crippen molar-refractivity contribution in [2.24, 2.45) is 4.99 Å². The molecular formula is C19H16FN3OS. The highest BCUT2D eigenvalue weighted by Crippen LogP contribution is 2.42. The van der Waals surface area contributed by atoms with Crippen molar-refractivity contribution in [3.63, 3.8) is 0 Å². The lowest BCUT2D eigenvalue weighted by Crippen LogP contribution is -2.26. The largest absolute Gasteiger partial charge is 0.358 e. The highest BCUT2D eigenvalue weighted by atomic mass is 32.2. The Balaban J connectivity index is 1.75. The van der Waals surface area contributed by atoms with E-state index in [1.807, 2.05) is 13.8 Å². The molecule has 126 valence electrons. The van der Waals surface area contributed by atoms with Gasteiger partial charge in [-0.25, -0.2) is 4.39 Å². The van der Waals surface area contributed by atoms with E-state index in [0.29, 0.717) is 10.7 Å². The Morgan fingerprint density at radius 1 is 1.20 bits per heavy atom. The van der Waals surface area contributed by atoms with Gasteiger partial charge in [-0.3, -0.25) is 4.79 Å². The normalized spacial score (nSPS) is 20.7. The van der Waals surface area contributed by atoms with Crippen LogP contribution in [0.3, 0.4) is 0 Å². The molecule has 2 unspecified atom stereocenters. The molecule has 2 atom stereocenters. The summed E-state index contributed by atoms with van der Waals surface area (Å²) in [5.41, 5.74) is 2.26. The van der Waals surface area contributed by atoms with Gasteiger partial charge in [0.15, 0.2) is 5.17 Å². The van der Waals surface area contributed by atoms with E-state index in [2.05, 4.69) is 16.4 Å². The van der Waals surface area contributed by atoms with Crippen molar-refractivity contribution in [1.82, 2.24) is 5.32 Å². The minimum Gasteiger partial charge on any atom is -0.358 e. The zero-order valence-electron chi connectivity index (χ0n) is 13.8. The molecule has 1 amide bonds. The molecule has 1 aliphatic heterocycles. The van der Waals surface area contributed by atoms with Gasteiger partial charge in [0.25, 0.3) is 5.91 Å². The van der Waals surface area contributed by atoms with Crippen molar-refractivity contribution in [2.75, 3.05) is 0 Å². The predicted molar refractivity (Wildman–Crippen MR) is 96.5 cm³/mol. The molecule has 2 aromatic rings. The first-order valence-electron chi connectivity index (χ1n) is 7.77. The summed E-state index contributed by atoms with van der Waals surface area (Å²) in [6.07, 6.45) is 0. The topological polar surface area (TPSA) is 65.2 Å². The van der Waals surface area contributed by atoms with E-state index in [1.54, 1.807) is 36.4 Å². The van der Waals surface area contributed by atoms with Crippen LogP contribution in [0.25, 0.3) is 0 Å². The van der Waals surface area contributed by atoms with Crippen LogP contribution >= 0.6 is 11.8 Å². The molecular weight excluding hydrogens is 337 g/mol. The molecule has 2 aromatic carbocycles. The molecule has 0 saturated carbocycles. The summed E-state index contributed by atoms with van der Waals surface area (Å²) in [5, 5.41) is 12.6. The quantitative estimate of drug-likeness (QED) is 0.909. The van der Waals surface area contributed by atoms with Crippen LogP contribution in [-0.2, 0) is 9.54 Å². The maximum atomic E-state index is 13.0. The van der Waals surface area contributed by atoms with Crippen molar-refractivity contribution >= 4 is 22.8 Å². The Labute approximate surface area is 149 Å². The smallest absolute Gasteiger partial charge is 0.268 e. The van der Waals surface area contributed by atoms with E-state index >= 15 is 0 Å². The highest BCUT2D eigenvalue weighted by molar-refractivity contribution is 8.15. The Morgan fingerprint density at radius 3 is 2.44 bits per heavy atom. The fourth-order valence-electron chi connectivity index (χ4n) is 2.59. The van der Waals surface area contributed by atoms with E-state index < -0.39 is 4.75 Å². The molecule has 0 radical (unpaired) electrons. The average Bonchev–Trinajstić information content (AvgIpc) is 2.90. The summed E-state index contributed by atoms with van der Waals surface area (Å²) in [4.78, 5) is 16.6. The van der Waals surface area contributed by atoms with Gasteiger partial charge < -0.3 is 5.32 Å². The number of amides is 1. The average molecular weight is 353 g/mol. The molecule has 1 N–H and O–H groups in total. The first-order chi connectivity index (χ1) is 11.9. The maximum Gasteiger partial charge on any atom is 0.268 e. The van der Waals surface area contributed by atoms with E-state index in [9.17, 15) is 9.18 Å². The van der Waals surface area contributed by atoms with Crippen LogP contribution < -0.4 is 5.32 Å². The van der Waals surface area contributed by atoms with Crippen LogP contribution in [0.2, 0.25) is 0 Å². The van der Waals surface area contributed by atoms with Crippen molar-refractivity contribution in [3.05, 3.63) is 71.0 Å². The second kappa shape index (κ2) is 6.69.